The van der Waals surface area contributed by atoms with Crippen molar-refractivity contribution in [3.05, 3.63) is 70.8 Å². The fraction of sp³-hybridized carbons (Fsp3) is 0.125. The number of benzene rings is 2. The van der Waals surface area contributed by atoms with Crippen molar-refractivity contribution in [2.24, 2.45) is 5.18 Å². The van der Waals surface area contributed by atoms with Crippen LogP contribution in [0.25, 0.3) is 10.9 Å². The number of hydrogen-bond acceptors (Lipinski definition) is 3. The van der Waals surface area contributed by atoms with Crippen molar-refractivity contribution in [3.63, 3.8) is 0 Å². The van der Waals surface area contributed by atoms with Crippen LogP contribution in [-0.4, -0.2) is 4.98 Å². The van der Waals surface area contributed by atoms with Crippen LogP contribution < -0.4 is 4.74 Å². The van der Waals surface area contributed by atoms with Gasteiger partial charge in [-0.25, -0.2) is 0 Å². The molecule has 0 aliphatic carbocycles. The lowest BCUT2D eigenvalue weighted by molar-refractivity contribution is 0.310. The van der Waals surface area contributed by atoms with Gasteiger partial charge in [0.2, 0.25) is 0 Å². The highest BCUT2D eigenvalue weighted by Gasteiger charge is 2.09. The van der Waals surface area contributed by atoms with Gasteiger partial charge < -0.3 is 9.72 Å². The van der Waals surface area contributed by atoms with Gasteiger partial charge in [-0.05, 0) is 17.7 Å². The van der Waals surface area contributed by atoms with E-state index in [9.17, 15) is 4.91 Å². The number of nitrogens with one attached hydrogen (secondary N) is 1. The Morgan fingerprint density at radius 3 is 2.70 bits per heavy atom. The first kappa shape index (κ1) is 12.4. The van der Waals surface area contributed by atoms with Crippen LogP contribution in [0.2, 0.25) is 0 Å². The normalized spacial score (nSPS) is 10.6. The topological polar surface area (TPSA) is 54.5 Å². The molecular formula is C16H14N2O2. The molecule has 0 aliphatic heterocycles. The maximum Gasteiger partial charge on any atom is 0.129 e. The molecule has 0 amide bonds. The minimum atomic E-state index is 0.145. The van der Waals surface area contributed by atoms with E-state index in [1.54, 1.807) is 6.20 Å². The summed E-state index contributed by atoms with van der Waals surface area (Å²) >= 11 is 0. The van der Waals surface area contributed by atoms with Gasteiger partial charge >= 0.3 is 0 Å². The van der Waals surface area contributed by atoms with Crippen LogP contribution in [0.4, 0.5) is 0 Å². The molecule has 0 unspecified atom stereocenters. The third-order valence-corrected chi connectivity index (χ3v) is 3.22. The van der Waals surface area contributed by atoms with Gasteiger partial charge in [0.05, 0.1) is 0 Å². The average Bonchev–Trinajstić information content (AvgIpc) is 2.91. The minimum Gasteiger partial charge on any atom is -0.488 e. The predicted molar refractivity (Wildman–Crippen MR) is 78.6 cm³/mol. The predicted octanol–water partition coefficient (Wildman–Crippen LogP) is 4.01. The molecule has 0 fully saturated rings. The maximum atomic E-state index is 10.5. The van der Waals surface area contributed by atoms with E-state index in [2.05, 4.69) is 10.2 Å². The molecule has 4 nitrogen and oxygen atoms in total. The van der Waals surface area contributed by atoms with Crippen molar-refractivity contribution in [2.75, 3.05) is 0 Å². The van der Waals surface area contributed by atoms with E-state index in [1.807, 2.05) is 48.5 Å². The maximum absolute atomic E-state index is 10.5. The quantitative estimate of drug-likeness (QED) is 0.709. The summed E-state index contributed by atoms with van der Waals surface area (Å²) in [6.07, 6.45) is 1.81. The molecule has 4 heteroatoms. The third kappa shape index (κ3) is 2.40. The molecule has 3 aromatic rings. The van der Waals surface area contributed by atoms with Crippen molar-refractivity contribution in [2.45, 2.75) is 13.2 Å². The largest absolute Gasteiger partial charge is 0.488 e. The van der Waals surface area contributed by atoms with Gasteiger partial charge in [-0.3, -0.25) is 0 Å². The van der Waals surface area contributed by atoms with Gasteiger partial charge in [0, 0.05) is 22.7 Å². The number of nitrogens with zero attached hydrogens (tertiary/aromatic N) is 1. The zero-order valence-electron chi connectivity index (χ0n) is 10.9. The van der Waals surface area contributed by atoms with E-state index in [-0.39, 0.29) is 6.54 Å². The lowest BCUT2D eigenvalue weighted by Crippen LogP contribution is -1.95. The number of nitroso groups, excluding NO2 is 1. The minimum absolute atomic E-state index is 0.145. The molecule has 0 radical (unpaired) electrons. The molecule has 1 N–H and O–H groups in total. The summed E-state index contributed by atoms with van der Waals surface area (Å²) in [6, 6.07) is 15.8. The first-order valence-corrected chi connectivity index (χ1v) is 6.43. The summed E-state index contributed by atoms with van der Waals surface area (Å²) in [7, 11) is 0. The Kier molecular flexibility index (Phi) is 3.46. The average molecular weight is 266 g/mol. The molecule has 3 rings (SSSR count). The van der Waals surface area contributed by atoms with Crippen LogP contribution >= 0.6 is 0 Å². The molecule has 0 saturated carbocycles. The van der Waals surface area contributed by atoms with Crippen LogP contribution in [0.3, 0.4) is 0 Å². The molecule has 0 saturated heterocycles. The van der Waals surface area contributed by atoms with Crippen LogP contribution in [0, 0.1) is 4.91 Å². The monoisotopic (exact) mass is 266 g/mol. The Hall–Kier alpha value is -2.62. The molecule has 0 bridgehead atoms. The van der Waals surface area contributed by atoms with Gasteiger partial charge in [0.1, 0.15) is 18.9 Å². The molecular weight excluding hydrogens is 252 g/mol. The lowest BCUT2D eigenvalue weighted by Gasteiger charge is -2.08. The van der Waals surface area contributed by atoms with Crippen molar-refractivity contribution >= 4 is 10.9 Å². The molecule has 0 spiro atoms. The smallest absolute Gasteiger partial charge is 0.129 e. The second-order valence-corrected chi connectivity index (χ2v) is 4.55. The van der Waals surface area contributed by atoms with E-state index in [0.29, 0.717) is 6.61 Å². The Morgan fingerprint density at radius 1 is 1.05 bits per heavy atom. The van der Waals surface area contributed by atoms with E-state index < -0.39 is 0 Å². The number of aromatic nitrogens is 1. The summed E-state index contributed by atoms with van der Waals surface area (Å²) in [6.45, 7) is 0.644. The summed E-state index contributed by atoms with van der Waals surface area (Å²) < 4.78 is 5.89. The van der Waals surface area contributed by atoms with Crippen molar-refractivity contribution in [3.8, 4) is 5.75 Å². The van der Waals surface area contributed by atoms with E-state index in [0.717, 1.165) is 27.8 Å². The molecule has 2 aromatic carbocycles. The molecule has 100 valence electrons. The number of rotatable bonds is 5. The Morgan fingerprint density at radius 2 is 1.90 bits per heavy atom. The highest BCUT2D eigenvalue weighted by Crippen LogP contribution is 2.29. The zero-order valence-corrected chi connectivity index (χ0v) is 10.9. The van der Waals surface area contributed by atoms with E-state index >= 15 is 0 Å². The fourth-order valence-corrected chi connectivity index (χ4v) is 2.27. The highest BCUT2D eigenvalue weighted by molar-refractivity contribution is 5.89. The van der Waals surface area contributed by atoms with Crippen LogP contribution in [0.1, 0.15) is 11.1 Å². The molecule has 1 heterocycles. The van der Waals surface area contributed by atoms with E-state index in [1.165, 1.54) is 0 Å². The summed E-state index contributed by atoms with van der Waals surface area (Å²) in [4.78, 5) is 13.6. The Bertz CT molecular complexity index is 720. The molecule has 0 aliphatic rings. The molecule has 1 aromatic heterocycles. The van der Waals surface area contributed by atoms with Gasteiger partial charge in [0.25, 0.3) is 0 Å². The Labute approximate surface area is 116 Å². The van der Waals surface area contributed by atoms with Gasteiger partial charge in [0.15, 0.2) is 0 Å². The summed E-state index contributed by atoms with van der Waals surface area (Å²) in [5.74, 6) is 0.770. The van der Waals surface area contributed by atoms with E-state index in [4.69, 9.17) is 4.74 Å². The van der Waals surface area contributed by atoms with Crippen LogP contribution in [0.15, 0.2) is 59.9 Å². The standard InChI is InChI=1S/C16H14N2O2/c19-18-10-13-9-17-14-7-4-8-15(16(13)14)20-11-12-5-2-1-3-6-12/h1-9,17H,10-11H2. The fourth-order valence-electron chi connectivity index (χ4n) is 2.27. The molecule has 0 atom stereocenters. The first-order chi connectivity index (χ1) is 9.88. The number of ether oxygens (including phenoxy) is 1. The van der Waals surface area contributed by atoms with Crippen molar-refractivity contribution in [1.29, 1.82) is 0 Å². The second-order valence-electron chi connectivity index (χ2n) is 4.55. The zero-order chi connectivity index (χ0) is 13.8. The second kappa shape index (κ2) is 5.57. The Balaban J connectivity index is 1.90. The number of fused-ring (bicyclic) bond motifs is 1. The van der Waals surface area contributed by atoms with Crippen LogP contribution in [0.5, 0.6) is 5.75 Å². The van der Waals surface area contributed by atoms with Crippen molar-refractivity contribution in [1.82, 2.24) is 4.98 Å². The SMILES string of the molecule is O=NCc1c[nH]c2cccc(OCc3ccccc3)c12. The van der Waals surface area contributed by atoms with Gasteiger partial charge in [-0.1, -0.05) is 41.6 Å². The van der Waals surface area contributed by atoms with Crippen LogP contribution in [-0.2, 0) is 13.2 Å². The van der Waals surface area contributed by atoms with Crippen molar-refractivity contribution < 1.29 is 4.74 Å². The highest BCUT2D eigenvalue weighted by atomic mass is 16.5. The number of H-pyrrole nitrogens is 1. The van der Waals surface area contributed by atoms with Gasteiger partial charge in [-0.15, -0.1) is 0 Å². The lowest BCUT2D eigenvalue weighted by atomic mass is 10.1. The third-order valence-electron chi connectivity index (χ3n) is 3.22. The summed E-state index contributed by atoms with van der Waals surface area (Å²) in [5.41, 5.74) is 2.92. The number of hydrogen-bond donors (Lipinski definition) is 1. The number of aromatic amines is 1. The molecule has 20 heavy (non-hydrogen) atoms. The first-order valence-electron chi connectivity index (χ1n) is 6.43. The van der Waals surface area contributed by atoms with Gasteiger partial charge in [-0.2, -0.15) is 4.91 Å². The summed E-state index contributed by atoms with van der Waals surface area (Å²) in [5, 5.41) is 3.90.